The van der Waals surface area contributed by atoms with Crippen molar-refractivity contribution in [3.05, 3.63) is 58.9 Å². The number of Topliss-reactive ketones (excluding diaryl/α,β-unsaturated/α-hetero) is 1. The minimum Gasteiger partial charge on any atom is -0.394 e. The van der Waals surface area contributed by atoms with Gasteiger partial charge in [0.15, 0.2) is 5.78 Å². The van der Waals surface area contributed by atoms with Crippen LogP contribution in [0.1, 0.15) is 17.3 Å². The van der Waals surface area contributed by atoms with E-state index < -0.39 is 5.56 Å². The number of nitrogens with two attached hydrogens (primary N) is 1. The van der Waals surface area contributed by atoms with Crippen LogP contribution in [-0.4, -0.2) is 15.6 Å². The quantitative estimate of drug-likeness (QED) is 0.679. The molecule has 0 atom stereocenters. The Kier molecular flexibility index (Phi) is 3.79. The van der Waals surface area contributed by atoms with Gasteiger partial charge in [0.05, 0.1) is 12.1 Å². The molecule has 0 aliphatic carbocycles. The van der Waals surface area contributed by atoms with Gasteiger partial charge in [-0.15, -0.1) is 6.58 Å². The Morgan fingerprint density at radius 1 is 1.40 bits per heavy atom. The molecule has 0 saturated heterocycles. The topological polar surface area (TPSA) is 78.0 Å². The first-order chi connectivity index (χ1) is 9.56. The summed E-state index contributed by atoms with van der Waals surface area (Å²) in [4.78, 5) is 23.8. The monoisotopic (exact) mass is 269 g/mol. The second-order valence-corrected chi connectivity index (χ2v) is 4.34. The lowest BCUT2D eigenvalue weighted by Gasteiger charge is -2.12. The van der Waals surface area contributed by atoms with E-state index in [9.17, 15) is 9.59 Å². The fraction of sp³-hybridized carbons (Fsp3) is 0.133. The summed E-state index contributed by atoms with van der Waals surface area (Å²) < 4.78 is 1.21. The summed E-state index contributed by atoms with van der Waals surface area (Å²) in [5.74, 6) is -0.281. The first kappa shape index (κ1) is 13.7. The van der Waals surface area contributed by atoms with Crippen LogP contribution in [0.3, 0.4) is 0 Å². The van der Waals surface area contributed by atoms with Crippen molar-refractivity contribution in [2.75, 3.05) is 5.73 Å². The molecule has 0 aliphatic heterocycles. The van der Waals surface area contributed by atoms with Gasteiger partial charge in [0, 0.05) is 5.56 Å². The van der Waals surface area contributed by atoms with Crippen molar-refractivity contribution in [3.63, 3.8) is 0 Å². The summed E-state index contributed by atoms with van der Waals surface area (Å²) >= 11 is 0. The Balaban J connectivity index is 2.80. The summed E-state index contributed by atoms with van der Waals surface area (Å²) in [6, 6.07) is 9.16. The first-order valence-corrected chi connectivity index (χ1v) is 6.14. The number of nitrogens with zero attached hydrogens (tertiary/aromatic N) is 2. The molecule has 1 aromatic carbocycles. The van der Waals surface area contributed by atoms with Gasteiger partial charge in [-0.05, 0) is 6.92 Å². The minimum absolute atomic E-state index is 0.0757. The van der Waals surface area contributed by atoms with Gasteiger partial charge < -0.3 is 5.73 Å². The molecule has 0 unspecified atom stereocenters. The van der Waals surface area contributed by atoms with Gasteiger partial charge in [-0.3, -0.25) is 9.59 Å². The number of allylic oxidation sites excluding steroid dienone is 1. The van der Waals surface area contributed by atoms with Gasteiger partial charge in [-0.2, -0.15) is 5.10 Å². The lowest BCUT2D eigenvalue weighted by atomic mass is 10.0. The van der Waals surface area contributed by atoms with Crippen LogP contribution in [0.2, 0.25) is 0 Å². The van der Waals surface area contributed by atoms with E-state index in [1.54, 1.807) is 6.08 Å². The number of nitrogen functional groups attached to an aromatic ring is 1. The maximum atomic E-state index is 12.0. The SMILES string of the molecule is C=CCn1nc(-c2ccccc2)c(C(C)=O)c(N)c1=O. The highest BCUT2D eigenvalue weighted by Crippen LogP contribution is 2.23. The average Bonchev–Trinajstić information content (AvgIpc) is 2.44. The predicted octanol–water partition coefficient (Wildman–Crippen LogP) is 1.88. The number of carbonyl (C=O) groups is 1. The van der Waals surface area contributed by atoms with Crippen molar-refractivity contribution in [1.82, 2.24) is 9.78 Å². The molecule has 20 heavy (non-hydrogen) atoms. The minimum atomic E-state index is -0.477. The third-order valence-corrected chi connectivity index (χ3v) is 2.89. The molecule has 2 aromatic rings. The third kappa shape index (κ3) is 2.38. The molecule has 0 saturated carbocycles. The Labute approximate surface area is 116 Å². The molecular formula is C15H15N3O2. The van der Waals surface area contributed by atoms with E-state index in [1.165, 1.54) is 11.6 Å². The van der Waals surface area contributed by atoms with Crippen molar-refractivity contribution in [1.29, 1.82) is 0 Å². The van der Waals surface area contributed by atoms with E-state index in [0.29, 0.717) is 5.69 Å². The molecule has 2 N–H and O–H groups in total. The van der Waals surface area contributed by atoms with E-state index in [1.807, 2.05) is 30.3 Å². The fourth-order valence-corrected chi connectivity index (χ4v) is 1.99. The third-order valence-electron chi connectivity index (χ3n) is 2.89. The Bertz CT molecular complexity index is 718. The van der Waals surface area contributed by atoms with Crippen LogP contribution >= 0.6 is 0 Å². The van der Waals surface area contributed by atoms with Gasteiger partial charge in [0.1, 0.15) is 11.4 Å². The van der Waals surface area contributed by atoms with Crippen LogP contribution < -0.4 is 11.3 Å². The van der Waals surface area contributed by atoms with Crippen LogP contribution in [-0.2, 0) is 6.54 Å². The summed E-state index contributed by atoms with van der Waals surface area (Å²) in [6.45, 7) is 5.19. The van der Waals surface area contributed by atoms with E-state index in [2.05, 4.69) is 11.7 Å². The van der Waals surface area contributed by atoms with Crippen LogP contribution in [0.4, 0.5) is 5.69 Å². The molecule has 0 spiro atoms. The summed E-state index contributed by atoms with van der Waals surface area (Å²) in [5, 5.41) is 4.25. The molecule has 0 bridgehead atoms. The number of aromatic nitrogens is 2. The van der Waals surface area contributed by atoms with Crippen molar-refractivity contribution in [2.24, 2.45) is 0 Å². The molecule has 0 radical (unpaired) electrons. The molecule has 0 amide bonds. The second-order valence-electron chi connectivity index (χ2n) is 4.34. The zero-order valence-corrected chi connectivity index (χ0v) is 11.2. The highest BCUT2D eigenvalue weighted by Gasteiger charge is 2.19. The number of benzene rings is 1. The van der Waals surface area contributed by atoms with E-state index >= 15 is 0 Å². The van der Waals surface area contributed by atoms with E-state index in [0.717, 1.165) is 5.56 Å². The largest absolute Gasteiger partial charge is 0.394 e. The van der Waals surface area contributed by atoms with Crippen LogP contribution in [0.15, 0.2) is 47.8 Å². The standard InChI is InChI=1S/C15H15N3O2/c1-3-9-18-15(20)13(16)12(10(2)19)14(17-18)11-7-5-4-6-8-11/h3-8H,1,9,16H2,2H3. The lowest BCUT2D eigenvalue weighted by Crippen LogP contribution is -2.28. The number of ketones is 1. The summed E-state index contributed by atoms with van der Waals surface area (Å²) in [7, 11) is 0. The van der Waals surface area contributed by atoms with Crippen LogP contribution in [0.5, 0.6) is 0 Å². The average molecular weight is 269 g/mol. The second kappa shape index (κ2) is 5.52. The number of carbonyl (C=O) groups excluding carboxylic acids is 1. The summed E-state index contributed by atoms with van der Waals surface area (Å²) in [5.41, 5.74) is 6.59. The van der Waals surface area contributed by atoms with Gasteiger partial charge in [0.25, 0.3) is 5.56 Å². The zero-order valence-electron chi connectivity index (χ0n) is 11.2. The lowest BCUT2D eigenvalue weighted by molar-refractivity contribution is 0.101. The van der Waals surface area contributed by atoms with Gasteiger partial charge in [0.2, 0.25) is 0 Å². The molecule has 0 fully saturated rings. The highest BCUT2D eigenvalue weighted by atomic mass is 16.1. The molecule has 5 nitrogen and oxygen atoms in total. The number of anilines is 1. The number of rotatable bonds is 4. The highest BCUT2D eigenvalue weighted by molar-refractivity contribution is 6.04. The Morgan fingerprint density at radius 3 is 2.60 bits per heavy atom. The van der Waals surface area contributed by atoms with E-state index in [4.69, 9.17) is 5.73 Å². The van der Waals surface area contributed by atoms with Crippen molar-refractivity contribution in [2.45, 2.75) is 13.5 Å². The zero-order chi connectivity index (χ0) is 14.7. The van der Waals surface area contributed by atoms with Gasteiger partial charge in [-0.1, -0.05) is 36.4 Å². The van der Waals surface area contributed by atoms with Crippen molar-refractivity contribution < 1.29 is 4.79 Å². The predicted molar refractivity (Wildman–Crippen MR) is 78.5 cm³/mol. The maximum Gasteiger partial charge on any atom is 0.290 e. The van der Waals surface area contributed by atoms with Gasteiger partial charge in [-0.25, -0.2) is 4.68 Å². The molecule has 2 rings (SSSR count). The normalized spacial score (nSPS) is 10.2. The van der Waals surface area contributed by atoms with Crippen LogP contribution in [0.25, 0.3) is 11.3 Å². The summed E-state index contributed by atoms with van der Waals surface area (Å²) in [6.07, 6.45) is 1.55. The van der Waals surface area contributed by atoms with Gasteiger partial charge >= 0.3 is 0 Å². The molecule has 102 valence electrons. The molecule has 5 heteroatoms. The molecule has 1 heterocycles. The van der Waals surface area contributed by atoms with Crippen molar-refractivity contribution >= 4 is 11.5 Å². The number of hydrogen-bond donors (Lipinski definition) is 1. The smallest absolute Gasteiger partial charge is 0.290 e. The fourth-order valence-electron chi connectivity index (χ4n) is 1.99. The number of hydrogen-bond acceptors (Lipinski definition) is 4. The first-order valence-electron chi connectivity index (χ1n) is 6.14. The maximum absolute atomic E-state index is 12.0. The van der Waals surface area contributed by atoms with Crippen LogP contribution in [0, 0.1) is 0 Å². The van der Waals surface area contributed by atoms with E-state index in [-0.39, 0.29) is 23.6 Å². The molecule has 0 aliphatic rings. The molecular weight excluding hydrogens is 254 g/mol. The molecule has 1 aromatic heterocycles. The van der Waals surface area contributed by atoms with Crippen molar-refractivity contribution in [3.8, 4) is 11.3 Å². The Hall–Kier alpha value is -2.69. The Morgan fingerprint density at radius 2 is 2.05 bits per heavy atom.